The highest BCUT2D eigenvalue weighted by atomic mass is 35.5. The molecule has 4 unspecified atom stereocenters. The van der Waals surface area contributed by atoms with Crippen LogP contribution in [-0.2, 0) is 30.2 Å². The van der Waals surface area contributed by atoms with Gasteiger partial charge in [-0.2, -0.15) is 5.10 Å². The van der Waals surface area contributed by atoms with Crippen molar-refractivity contribution in [2.45, 2.75) is 38.8 Å². The number of anilines is 1. The third-order valence-electron chi connectivity index (χ3n) is 10.2. The molecule has 5 heterocycles. The molecule has 1 N–H and O–H groups in total. The predicted octanol–water partition coefficient (Wildman–Crippen LogP) is 5.15. The molecule has 1 aliphatic carbocycles. The minimum Gasteiger partial charge on any atom is -0.508 e. The van der Waals surface area contributed by atoms with Crippen molar-refractivity contribution in [3.63, 3.8) is 0 Å². The molecule has 47 heavy (non-hydrogen) atoms. The van der Waals surface area contributed by atoms with Crippen molar-refractivity contribution < 1.29 is 14.7 Å². The lowest BCUT2D eigenvalue weighted by atomic mass is 9.56. The smallest absolute Gasteiger partial charge is 0.347 e. The third-order valence-corrected chi connectivity index (χ3v) is 12.1. The summed E-state index contributed by atoms with van der Waals surface area (Å²) in [4.78, 5) is 57.8. The number of imide groups is 1. The fourth-order valence-electron chi connectivity index (χ4n) is 7.91. The number of fused-ring (bicyclic) bond motifs is 5. The summed E-state index contributed by atoms with van der Waals surface area (Å²) in [5, 5.41) is 16.8. The number of aromatic nitrogens is 5. The van der Waals surface area contributed by atoms with Crippen LogP contribution in [0.4, 0.5) is 5.82 Å². The number of hydrogen-bond donors (Lipinski definition) is 1. The van der Waals surface area contributed by atoms with E-state index in [4.69, 9.17) is 28.3 Å². The number of thiophene rings is 1. The first-order valence-electron chi connectivity index (χ1n) is 15.0. The van der Waals surface area contributed by atoms with Gasteiger partial charge in [0.15, 0.2) is 0 Å². The molecule has 0 radical (unpaired) electrons. The summed E-state index contributed by atoms with van der Waals surface area (Å²) in [6.07, 6.45) is 1.99. The number of amides is 2. The number of aromatic hydroxyl groups is 1. The van der Waals surface area contributed by atoms with Crippen LogP contribution in [0.1, 0.15) is 36.4 Å². The van der Waals surface area contributed by atoms with Gasteiger partial charge in [-0.1, -0.05) is 35.3 Å². The lowest BCUT2D eigenvalue weighted by molar-refractivity contribution is -0.129. The Balaban J connectivity index is 1.29. The van der Waals surface area contributed by atoms with Crippen LogP contribution in [0.15, 0.2) is 63.7 Å². The highest BCUT2D eigenvalue weighted by molar-refractivity contribution is 7.22. The maximum Gasteiger partial charge on any atom is 0.347 e. The molecule has 0 bridgehead atoms. The minimum absolute atomic E-state index is 0.0461. The second-order valence-corrected chi connectivity index (χ2v) is 14.6. The second-order valence-electron chi connectivity index (χ2n) is 12.7. The number of phenolic OH excluding ortho intramolecular Hbond substituents is 1. The Morgan fingerprint density at radius 1 is 1.02 bits per heavy atom. The molecular weight excluding hydrogens is 663 g/mol. The van der Waals surface area contributed by atoms with Crippen molar-refractivity contribution in [1.82, 2.24) is 23.7 Å². The molecule has 5 aromatic rings. The first-order chi connectivity index (χ1) is 22.3. The fraction of sp³-hybridized carbons (Fsp3) is 0.303. The van der Waals surface area contributed by atoms with Crippen LogP contribution in [0.5, 0.6) is 5.75 Å². The van der Waals surface area contributed by atoms with Crippen molar-refractivity contribution in [2.24, 2.45) is 25.4 Å². The van der Waals surface area contributed by atoms with Crippen LogP contribution in [0.25, 0.3) is 20.7 Å². The summed E-state index contributed by atoms with van der Waals surface area (Å²) >= 11 is 14.6. The van der Waals surface area contributed by atoms with E-state index in [1.165, 1.54) is 38.1 Å². The van der Waals surface area contributed by atoms with E-state index >= 15 is 0 Å². The Morgan fingerprint density at radius 3 is 2.53 bits per heavy atom. The number of allylic oxidation sites excluding steroid dienone is 2. The van der Waals surface area contributed by atoms with E-state index in [-0.39, 0.29) is 23.7 Å². The topological polar surface area (TPSA) is 124 Å². The molecule has 14 heteroatoms. The van der Waals surface area contributed by atoms with Crippen LogP contribution < -0.4 is 16.3 Å². The van der Waals surface area contributed by atoms with E-state index in [0.717, 1.165) is 30.7 Å². The average molecular weight is 692 g/mol. The summed E-state index contributed by atoms with van der Waals surface area (Å²) in [6.45, 7) is 3.88. The summed E-state index contributed by atoms with van der Waals surface area (Å²) in [6, 6.07) is 11.3. The largest absolute Gasteiger partial charge is 0.508 e. The predicted molar refractivity (Wildman–Crippen MR) is 179 cm³/mol. The molecule has 3 aliphatic rings. The second kappa shape index (κ2) is 10.1. The summed E-state index contributed by atoms with van der Waals surface area (Å²) < 4.78 is 6.39. The van der Waals surface area contributed by atoms with Gasteiger partial charge in [0, 0.05) is 40.8 Å². The number of carbonyl (C=O) groups excluding carboxylic acids is 2. The Labute approximate surface area is 281 Å². The number of carbonyl (C=O) groups is 2. The number of rotatable bonds is 3. The van der Waals surface area contributed by atoms with Crippen LogP contribution >= 0.6 is 34.5 Å². The molecule has 0 spiro atoms. The van der Waals surface area contributed by atoms with Crippen molar-refractivity contribution in [3.8, 4) is 16.3 Å². The lowest BCUT2D eigenvalue weighted by Crippen LogP contribution is -2.49. The molecular formula is C33H28Cl2N6O5S. The van der Waals surface area contributed by atoms with Gasteiger partial charge >= 0.3 is 11.4 Å². The van der Waals surface area contributed by atoms with Gasteiger partial charge in [0.25, 0.3) is 0 Å². The molecule has 2 aliphatic heterocycles. The Kier molecular flexibility index (Phi) is 6.41. The van der Waals surface area contributed by atoms with E-state index in [0.29, 0.717) is 22.1 Å². The third kappa shape index (κ3) is 3.95. The molecule has 8 rings (SSSR count). The van der Waals surface area contributed by atoms with E-state index in [1.54, 1.807) is 37.4 Å². The van der Waals surface area contributed by atoms with Gasteiger partial charge in [-0.15, -0.1) is 11.3 Å². The van der Waals surface area contributed by atoms with Crippen LogP contribution in [0.2, 0.25) is 10.0 Å². The molecule has 1 saturated heterocycles. The summed E-state index contributed by atoms with van der Waals surface area (Å²) in [7, 11) is 3.12. The van der Waals surface area contributed by atoms with E-state index in [2.05, 4.69) is 0 Å². The Hall–Kier alpha value is -4.39. The zero-order valence-electron chi connectivity index (χ0n) is 25.7. The van der Waals surface area contributed by atoms with Gasteiger partial charge in [-0.25, -0.2) is 28.4 Å². The van der Waals surface area contributed by atoms with Gasteiger partial charge in [-0.05, 0) is 72.7 Å². The molecule has 2 fully saturated rings. The standard InChI is InChI=1S/C33H28Cl2N6O5S/c1-15-20-11-16(34)5-8-25(20)47-28(15)23-14-26(38(4)36-23)40-29(43)21-13-24-19(9-10-39-31(45)37(3)32(46)41(24)39)27(33(21,2)30(40)44)18-7-6-17(42)12-22(18)35/h5-9,11-12,14,21,24,27,42H,10,13H2,1-4H3. The van der Waals surface area contributed by atoms with Crippen molar-refractivity contribution in [1.29, 1.82) is 0 Å². The maximum atomic E-state index is 14.8. The van der Waals surface area contributed by atoms with Crippen molar-refractivity contribution >= 4 is 62.3 Å². The van der Waals surface area contributed by atoms with E-state index in [9.17, 15) is 24.3 Å². The number of aryl methyl sites for hydroxylation is 2. The van der Waals surface area contributed by atoms with E-state index in [1.807, 2.05) is 31.2 Å². The maximum absolute atomic E-state index is 14.8. The van der Waals surface area contributed by atoms with Gasteiger partial charge in [0.2, 0.25) is 11.8 Å². The Bertz CT molecular complexity index is 2380. The lowest BCUT2D eigenvalue weighted by Gasteiger charge is -2.47. The fourth-order valence-corrected chi connectivity index (χ4v) is 9.52. The highest BCUT2D eigenvalue weighted by Gasteiger charge is 2.66. The van der Waals surface area contributed by atoms with E-state index < -0.39 is 46.5 Å². The molecule has 3 aromatic heterocycles. The number of phenols is 1. The van der Waals surface area contributed by atoms with Crippen molar-refractivity contribution in [3.05, 3.63) is 96.3 Å². The number of nitrogens with zero attached hydrogens (tertiary/aromatic N) is 6. The van der Waals surface area contributed by atoms with Gasteiger partial charge in [-0.3, -0.25) is 14.3 Å². The number of halogens is 2. The van der Waals surface area contributed by atoms with Gasteiger partial charge in [0.1, 0.15) is 17.3 Å². The average Bonchev–Trinajstić information content (AvgIpc) is 3.69. The highest BCUT2D eigenvalue weighted by Crippen LogP contribution is 2.62. The molecule has 2 aromatic carbocycles. The quantitative estimate of drug-likeness (QED) is 0.206. The molecule has 240 valence electrons. The number of benzene rings is 2. The normalized spacial score (nSPS) is 23.7. The first-order valence-corrected chi connectivity index (χ1v) is 16.6. The monoisotopic (exact) mass is 690 g/mol. The minimum atomic E-state index is -1.31. The van der Waals surface area contributed by atoms with Gasteiger partial charge < -0.3 is 5.11 Å². The Morgan fingerprint density at radius 2 is 1.79 bits per heavy atom. The van der Waals surface area contributed by atoms with Crippen LogP contribution in [0.3, 0.4) is 0 Å². The van der Waals surface area contributed by atoms with Crippen LogP contribution in [0, 0.1) is 18.3 Å². The first kappa shape index (κ1) is 30.0. The molecule has 1 saturated carbocycles. The summed E-state index contributed by atoms with van der Waals surface area (Å²) in [5.74, 6) is -2.17. The van der Waals surface area contributed by atoms with Crippen molar-refractivity contribution in [2.75, 3.05) is 4.90 Å². The molecule has 11 nitrogen and oxygen atoms in total. The SMILES string of the molecule is Cc1c(-c2cc(N3C(=O)C4CC5C(=CCn6c(=O)n(C)c(=O)n65)C(c5ccc(O)cc5Cl)C4(C)C3=O)n(C)n2)sc2ccc(Cl)cc12. The number of hydrogen-bond acceptors (Lipinski definition) is 7. The molecule has 2 amide bonds. The molecule has 4 atom stereocenters. The van der Waals surface area contributed by atoms with Crippen LogP contribution in [-0.4, -0.2) is 40.6 Å². The zero-order valence-corrected chi connectivity index (χ0v) is 28.0. The zero-order chi connectivity index (χ0) is 33.3. The van der Waals surface area contributed by atoms with Gasteiger partial charge in [0.05, 0.1) is 28.8 Å². The summed E-state index contributed by atoms with van der Waals surface area (Å²) in [5.41, 5.74) is 0.597.